The van der Waals surface area contributed by atoms with E-state index < -0.39 is 0 Å². The molecule has 1 saturated carbocycles. The largest absolute Gasteiger partial charge is 0.379 e. The van der Waals surface area contributed by atoms with Crippen molar-refractivity contribution in [3.8, 4) is 0 Å². The number of hydrogen-bond donors (Lipinski definition) is 1. The van der Waals surface area contributed by atoms with Crippen molar-refractivity contribution in [1.82, 2.24) is 10.2 Å². The second-order valence-corrected chi connectivity index (χ2v) is 7.10. The van der Waals surface area contributed by atoms with Crippen molar-refractivity contribution in [2.75, 3.05) is 26.3 Å². The Bertz CT molecular complexity index is 518. The number of nitrogens with one attached hydrogen (secondary N) is 1. The zero-order valence-corrected chi connectivity index (χ0v) is 14.6. The van der Waals surface area contributed by atoms with Gasteiger partial charge in [0.25, 0.3) is 5.91 Å². The van der Waals surface area contributed by atoms with Gasteiger partial charge >= 0.3 is 0 Å². The molecule has 1 saturated heterocycles. The molecule has 1 N–H and O–H groups in total. The minimum Gasteiger partial charge on any atom is -0.379 e. The van der Waals surface area contributed by atoms with E-state index >= 15 is 0 Å². The molecule has 1 amide bonds. The van der Waals surface area contributed by atoms with Gasteiger partial charge in [-0.05, 0) is 30.5 Å². The molecule has 0 aromatic heterocycles. The molecule has 0 spiro atoms. The molecule has 3 rings (SSSR count). The van der Waals surface area contributed by atoms with Gasteiger partial charge in [0.05, 0.1) is 13.2 Å². The van der Waals surface area contributed by atoms with Gasteiger partial charge in [-0.3, -0.25) is 9.69 Å². The Morgan fingerprint density at radius 1 is 1.08 bits per heavy atom. The molecule has 2 fully saturated rings. The zero-order chi connectivity index (χ0) is 16.6. The third-order valence-corrected chi connectivity index (χ3v) is 5.14. The summed E-state index contributed by atoms with van der Waals surface area (Å²) in [6.45, 7) is 4.45. The molecule has 0 atom stereocenters. The number of carbonyl (C=O) groups excluding carboxylic acids is 1. The van der Waals surface area contributed by atoms with Gasteiger partial charge in [0.1, 0.15) is 0 Å². The first-order valence-electron chi connectivity index (χ1n) is 9.51. The van der Waals surface area contributed by atoms with Crippen LogP contribution in [0.4, 0.5) is 0 Å². The molecular weight excluding hydrogens is 300 g/mol. The average Bonchev–Trinajstić information content (AvgIpc) is 2.58. The van der Waals surface area contributed by atoms with Gasteiger partial charge in [-0.25, -0.2) is 0 Å². The Hall–Kier alpha value is -1.39. The number of amides is 1. The second kappa shape index (κ2) is 9.19. The Kier molecular flexibility index (Phi) is 6.67. The molecule has 1 aliphatic heterocycles. The number of carbonyl (C=O) groups is 1. The van der Waals surface area contributed by atoms with Crippen molar-refractivity contribution < 1.29 is 9.53 Å². The van der Waals surface area contributed by atoms with E-state index in [9.17, 15) is 4.79 Å². The van der Waals surface area contributed by atoms with Crippen molar-refractivity contribution in [2.24, 2.45) is 0 Å². The summed E-state index contributed by atoms with van der Waals surface area (Å²) in [4.78, 5) is 15.0. The first kappa shape index (κ1) is 17.4. The Morgan fingerprint density at radius 3 is 2.54 bits per heavy atom. The quantitative estimate of drug-likeness (QED) is 0.920. The van der Waals surface area contributed by atoms with Gasteiger partial charge in [-0.15, -0.1) is 0 Å². The maximum atomic E-state index is 12.6. The Balaban J connectivity index is 1.56. The second-order valence-electron chi connectivity index (χ2n) is 7.10. The summed E-state index contributed by atoms with van der Waals surface area (Å²) >= 11 is 0. The lowest BCUT2D eigenvalue weighted by molar-refractivity contribution is 0.0342. The molecule has 24 heavy (non-hydrogen) atoms. The van der Waals surface area contributed by atoms with Crippen LogP contribution in [0.5, 0.6) is 0 Å². The highest BCUT2D eigenvalue weighted by atomic mass is 16.5. The summed E-state index contributed by atoms with van der Waals surface area (Å²) < 4.78 is 5.40. The maximum Gasteiger partial charge on any atom is 0.251 e. The molecule has 1 aromatic carbocycles. The topological polar surface area (TPSA) is 41.6 Å². The number of hydrogen-bond acceptors (Lipinski definition) is 3. The number of rotatable bonds is 4. The summed E-state index contributed by atoms with van der Waals surface area (Å²) in [7, 11) is 0. The summed E-state index contributed by atoms with van der Waals surface area (Å²) in [5, 5.41) is 3.26. The lowest BCUT2D eigenvalue weighted by Crippen LogP contribution is -2.36. The summed E-state index contributed by atoms with van der Waals surface area (Å²) in [5.41, 5.74) is 2.00. The number of morpholine rings is 1. The van der Waals surface area contributed by atoms with E-state index in [1.807, 2.05) is 18.2 Å². The third kappa shape index (κ3) is 5.32. The first-order valence-corrected chi connectivity index (χ1v) is 9.51. The molecule has 0 unspecified atom stereocenters. The summed E-state index contributed by atoms with van der Waals surface area (Å²) in [6, 6.07) is 8.44. The van der Waals surface area contributed by atoms with Crippen LogP contribution in [-0.4, -0.2) is 43.2 Å². The van der Waals surface area contributed by atoms with Gasteiger partial charge in [0.2, 0.25) is 0 Å². The molecule has 1 aliphatic carbocycles. The van der Waals surface area contributed by atoms with Crippen LogP contribution in [-0.2, 0) is 11.3 Å². The third-order valence-electron chi connectivity index (χ3n) is 5.14. The predicted molar refractivity (Wildman–Crippen MR) is 96.1 cm³/mol. The van der Waals surface area contributed by atoms with E-state index in [0.717, 1.165) is 51.3 Å². The molecule has 2 aliphatic rings. The van der Waals surface area contributed by atoms with Gasteiger partial charge in [0.15, 0.2) is 0 Å². The highest BCUT2D eigenvalue weighted by Gasteiger charge is 2.16. The fourth-order valence-electron chi connectivity index (χ4n) is 3.70. The van der Waals surface area contributed by atoms with Crippen LogP contribution in [0.3, 0.4) is 0 Å². The van der Waals surface area contributed by atoms with Gasteiger partial charge in [0, 0.05) is 31.2 Å². The van der Waals surface area contributed by atoms with Crippen LogP contribution >= 0.6 is 0 Å². The van der Waals surface area contributed by atoms with Crippen molar-refractivity contribution in [2.45, 2.75) is 57.5 Å². The fourth-order valence-corrected chi connectivity index (χ4v) is 3.70. The van der Waals surface area contributed by atoms with Crippen molar-refractivity contribution in [1.29, 1.82) is 0 Å². The zero-order valence-electron chi connectivity index (χ0n) is 14.6. The van der Waals surface area contributed by atoms with Crippen LogP contribution in [0.2, 0.25) is 0 Å². The molecule has 4 nitrogen and oxygen atoms in total. The highest BCUT2D eigenvalue weighted by molar-refractivity contribution is 5.94. The average molecular weight is 330 g/mol. The first-order chi connectivity index (χ1) is 11.8. The Labute approximate surface area is 145 Å². The smallest absolute Gasteiger partial charge is 0.251 e. The van der Waals surface area contributed by atoms with Crippen LogP contribution < -0.4 is 5.32 Å². The van der Waals surface area contributed by atoms with E-state index in [2.05, 4.69) is 16.3 Å². The number of nitrogens with zero attached hydrogens (tertiary/aromatic N) is 1. The van der Waals surface area contributed by atoms with E-state index in [4.69, 9.17) is 4.74 Å². The van der Waals surface area contributed by atoms with E-state index in [0.29, 0.717) is 6.04 Å². The molecular formula is C20H30N2O2. The minimum absolute atomic E-state index is 0.0874. The molecule has 1 heterocycles. The summed E-state index contributed by atoms with van der Waals surface area (Å²) in [5.74, 6) is 0.0874. The van der Waals surface area contributed by atoms with Crippen molar-refractivity contribution >= 4 is 5.91 Å². The lowest BCUT2D eigenvalue weighted by Gasteiger charge is -2.26. The van der Waals surface area contributed by atoms with E-state index in [1.165, 1.54) is 37.7 Å². The van der Waals surface area contributed by atoms with Gasteiger partial charge in [-0.2, -0.15) is 0 Å². The highest BCUT2D eigenvalue weighted by Crippen LogP contribution is 2.18. The number of ether oxygens (including phenoxy) is 1. The molecule has 0 radical (unpaired) electrons. The van der Waals surface area contributed by atoms with Crippen LogP contribution in [0.1, 0.15) is 60.9 Å². The number of benzene rings is 1. The predicted octanol–water partition coefficient (Wildman–Crippen LogP) is 3.36. The normalized spacial score (nSPS) is 21.0. The monoisotopic (exact) mass is 330 g/mol. The van der Waals surface area contributed by atoms with Crippen LogP contribution in [0.25, 0.3) is 0 Å². The molecule has 1 aromatic rings. The van der Waals surface area contributed by atoms with Gasteiger partial charge in [-0.1, -0.05) is 44.2 Å². The minimum atomic E-state index is 0.0874. The van der Waals surface area contributed by atoms with Crippen LogP contribution in [0.15, 0.2) is 24.3 Å². The molecule has 0 bridgehead atoms. The maximum absolute atomic E-state index is 12.6. The van der Waals surface area contributed by atoms with Gasteiger partial charge < -0.3 is 10.1 Å². The SMILES string of the molecule is O=C(NC1CCCCCCC1)c1cccc(CN2CCOCC2)c1. The van der Waals surface area contributed by atoms with E-state index in [1.54, 1.807) is 0 Å². The standard InChI is InChI=1S/C20H30N2O2/c23-20(21-19-9-4-2-1-3-5-10-19)18-8-6-7-17(15-18)16-22-11-13-24-14-12-22/h6-8,15,19H,1-5,9-14,16H2,(H,21,23). The molecule has 4 heteroatoms. The van der Waals surface area contributed by atoms with Crippen molar-refractivity contribution in [3.63, 3.8) is 0 Å². The summed E-state index contributed by atoms with van der Waals surface area (Å²) in [6.07, 6.45) is 8.69. The molecule has 132 valence electrons. The fraction of sp³-hybridized carbons (Fsp3) is 0.650. The van der Waals surface area contributed by atoms with Crippen LogP contribution in [0, 0.1) is 0 Å². The Morgan fingerprint density at radius 2 is 1.79 bits per heavy atom. The van der Waals surface area contributed by atoms with Crippen molar-refractivity contribution in [3.05, 3.63) is 35.4 Å². The lowest BCUT2D eigenvalue weighted by atomic mass is 9.96. The van der Waals surface area contributed by atoms with E-state index in [-0.39, 0.29) is 5.91 Å².